The molecule has 1 aliphatic heterocycles. The number of carboxylic acid groups (broad SMARTS) is 1. The van der Waals surface area contributed by atoms with E-state index in [-0.39, 0.29) is 0 Å². The second-order valence-corrected chi connectivity index (χ2v) is 4.18. The van der Waals surface area contributed by atoms with Gasteiger partial charge in [0, 0.05) is 11.7 Å². The van der Waals surface area contributed by atoms with Crippen LogP contribution in [0.1, 0.15) is 30.9 Å². The fourth-order valence-electron chi connectivity index (χ4n) is 2.13. The van der Waals surface area contributed by atoms with Crippen LogP contribution in [0.4, 0.5) is 5.69 Å². The van der Waals surface area contributed by atoms with Gasteiger partial charge in [0.25, 0.3) is 0 Å². The zero-order chi connectivity index (χ0) is 11.0. The minimum atomic E-state index is -0.761. The average molecular weight is 205 g/mol. The number of carboxylic acids is 1. The molecule has 0 fully saturated rings. The van der Waals surface area contributed by atoms with Gasteiger partial charge in [-0.15, -0.1) is 0 Å². The van der Waals surface area contributed by atoms with Crippen molar-refractivity contribution in [1.82, 2.24) is 0 Å². The number of benzene rings is 1. The Hall–Kier alpha value is -1.51. The standard InChI is InChI=1S/C12H15NO2/c1-7-6-10-9(8(2)12(14)15)4-3-5-11(10)13-7/h3-5,7-8,13H,6H2,1-2H3,(H,14,15). The van der Waals surface area contributed by atoms with Crippen LogP contribution in [-0.4, -0.2) is 17.1 Å². The van der Waals surface area contributed by atoms with E-state index >= 15 is 0 Å². The third kappa shape index (κ3) is 1.69. The van der Waals surface area contributed by atoms with Crippen LogP contribution in [-0.2, 0) is 11.2 Å². The molecule has 3 nitrogen and oxygen atoms in total. The maximum Gasteiger partial charge on any atom is 0.310 e. The number of carbonyl (C=O) groups is 1. The summed E-state index contributed by atoms with van der Waals surface area (Å²) in [6.07, 6.45) is 0.920. The van der Waals surface area contributed by atoms with Crippen molar-refractivity contribution in [3.8, 4) is 0 Å². The highest BCUT2D eigenvalue weighted by atomic mass is 16.4. The highest BCUT2D eigenvalue weighted by Gasteiger charge is 2.24. The summed E-state index contributed by atoms with van der Waals surface area (Å²) in [6, 6.07) is 6.24. The second kappa shape index (κ2) is 3.57. The lowest BCUT2D eigenvalue weighted by molar-refractivity contribution is -0.138. The van der Waals surface area contributed by atoms with E-state index in [1.54, 1.807) is 6.92 Å². The van der Waals surface area contributed by atoms with E-state index in [1.165, 1.54) is 5.56 Å². The molecule has 0 aliphatic carbocycles. The van der Waals surface area contributed by atoms with Gasteiger partial charge in [-0.3, -0.25) is 4.79 Å². The Morgan fingerprint density at radius 2 is 2.33 bits per heavy atom. The molecule has 1 heterocycles. The Kier molecular flexibility index (Phi) is 2.39. The molecule has 2 rings (SSSR count). The molecule has 0 spiro atoms. The average Bonchev–Trinajstić information content (AvgIpc) is 2.56. The largest absolute Gasteiger partial charge is 0.481 e. The van der Waals surface area contributed by atoms with Crippen LogP contribution in [0.15, 0.2) is 18.2 Å². The van der Waals surface area contributed by atoms with Crippen molar-refractivity contribution >= 4 is 11.7 Å². The van der Waals surface area contributed by atoms with Gasteiger partial charge in [-0.1, -0.05) is 12.1 Å². The summed E-state index contributed by atoms with van der Waals surface area (Å²) in [5.41, 5.74) is 3.20. The van der Waals surface area contributed by atoms with Crippen molar-refractivity contribution in [1.29, 1.82) is 0 Å². The smallest absolute Gasteiger partial charge is 0.310 e. The normalized spacial score (nSPS) is 20.5. The summed E-state index contributed by atoms with van der Waals surface area (Å²) >= 11 is 0. The van der Waals surface area contributed by atoms with Gasteiger partial charge in [-0.2, -0.15) is 0 Å². The molecule has 1 aliphatic rings. The Morgan fingerprint density at radius 3 is 3.00 bits per heavy atom. The van der Waals surface area contributed by atoms with Crippen LogP contribution in [0.3, 0.4) is 0 Å². The maximum atomic E-state index is 11.0. The number of fused-ring (bicyclic) bond motifs is 1. The van der Waals surface area contributed by atoms with Gasteiger partial charge >= 0.3 is 5.97 Å². The summed E-state index contributed by atoms with van der Waals surface area (Å²) in [7, 11) is 0. The lowest BCUT2D eigenvalue weighted by atomic mass is 9.93. The molecule has 0 saturated heterocycles. The molecule has 1 aromatic carbocycles. The quantitative estimate of drug-likeness (QED) is 0.778. The molecule has 0 bridgehead atoms. The van der Waals surface area contributed by atoms with Crippen molar-refractivity contribution in [2.75, 3.05) is 5.32 Å². The minimum Gasteiger partial charge on any atom is -0.481 e. The molecule has 2 atom stereocenters. The van der Waals surface area contributed by atoms with E-state index in [1.807, 2.05) is 18.2 Å². The molecule has 0 saturated carbocycles. The molecule has 15 heavy (non-hydrogen) atoms. The van der Waals surface area contributed by atoms with E-state index in [0.29, 0.717) is 6.04 Å². The van der Waals surface area contributed by atoms with Crippen molar-refractivity contribution in [3.63, 3.8) is 0 Å². The molecule has 0 amide bonds. The van der Waals surface area contributed by atoms with Crippen LogP contribution in [0.2, 0.25) is 0 Å². The topological polar surface area (TPSA) is 49.3 Å². The highest BCUT2D eigenvalue weighted by Crippen LogP contribution is 2.32. The van der Waals surface area contributed by atoms with Gasteiger partial charge in [0.1, 0.15) is 0 Å². The first-order valence-corrected chi connectivity index (χ1v) is 5.20. The van der Waals surface area contributed by atoms with Crippen molar-refractivity contribution < 1.29 is 9.90 Å². The Balaban J connectivity index is 2.42. The van der Waals surface area contributed by atoms with Gasteiger partial charge in [-0.25, -0.2) is 0 Å². The Labute approximate surface area is 89.1 Å². The summed E-state index contributed by atoms with van der Waals surface area (Å²) in [6.45, 7) is 3.84. The molecule has 2 N–H and O–H groups in total. The second-order valence-electron chi connectivity index (χ2n) is 4.18. The molecular formula is C12H15NO2. The number of nitrogens with one attached hydrogen (secondary N) is 1. The third-order valence-electron chi connectivity index (χ3n) is 2.96. The monoisotopic (exact) mass is 205 g/mol. The summed E-state index contributed by atoms with van der Waals surface area (Å²) in [5.74, 6) is -1.19. The van der Waals surface area contributed by atoms with E-state index in [0.717, 1.165) is 17.7 Å². The molecule has 2 unspecified atom stereocenters. The predicted octanol–water partition coefficient (Wildman–Crippen LogP) is 2.23. The lowest BCUT2D eigenvalue weighted by Gasteiger charge is -2.11. The summed E-state index contributed by atoms with van der Waals surface area (Å²) in [4.78, 5) is 11.0. The molecule has 1 aromatic rings. The summed E-state index contributed by atoms with van der Waals surface area (Å²) < 4.78 is 0. The van der Waals surface area contributed by atoms with E-state index in [4.69, 9.17) is 5.11 Å². The van der Waals surface area contributed by atoms with Crippen molar-refractivity contribution in [2.45, 2.75) is 32.2 Å². The zero-order valence-corrected chi connectivity index (χ0v) is 8.95. The molecule has 0 aromatic heterocycles. The van der Waals surface area contributed by atoms with Gasteiger partial charge in [0.2, 0.25) is 0 Å². The van der Waals surface area contributed by atoms with Crippen LogP contribution in [0.5, 0.6) is 0 Å². The van der Waals surface area contributed by atoms with Crippen LogP contribution in [0.25, 0.3) is 0 Å². The first-order chi connectivity index (χ1) is 7.09. The SMILES string of the molecule is CC1Cc2c(cccc2C(C)C(=O)O)N1. The van der Waals surface area contributed by atoms with Gasteiger partial charge in [-0.05, 0) is 37.5 Å². The van der Waals surface area contributed by atoms with Crippen LogP contribution in [0, 0.1) is 0 Å². The first kappa shape index (κ1) is 10.0. The highest BCUT2D eigenvalue weighted by molar-refractivity contribution is 5.77. The zero-order valence-electron chi connectivity index (χ0n) is 8.95. The lowest BCUT2D eigenvalue weighted by Crippen LogP contribution is -2.10. The van der Waals surface area contributed by atoms with Gasteiger partial charge in [0.05, 0.1) is 5.92 Å². The number of hydrogen-bond donors (Lipinski definition) is 2. The molecular weight excluding hydrogens is 190 g/mol. The Bertz CT molecular complexity index is 401. The van der Waals surface area contributed by atoms with Gasteiger partial charge in [0.15, 0.2) is 0 Å². The number of rotatable bonds is 2. The third-order valence-corrected chi connectivity index (χ3v) is 2.96. The van der Waals surface area contributed by atoms with Crippen molar-refractivity contribution in [3.05, 3.63) is 29.3 Å². The molecule has 3 heteroatoms. The fourth-order valence-corrected chi connectivity index (χ4v) is 2.13. The van der Waals surface area contributed by atoms with Crippen molar-refractivity contribution in [2.24, 2.45) is 0 Å². The van der Waals surface area contributed by atoms with E-state index in [2.05, 4.69) is 12.2 Å². The maximum absolute atomic E-state index is 11.0. The van der Waals surface area contributed by atoms with E-state index < -0.39 is 11.9 Å². The van der Waals surface area contributed by atoms with Crippen LogP contribution >= 0.6 is 0 Å². The number of anilines is 1. The fraction of sp³-hybridized carbons (Fsp3) is 0.417. The van der Waals surface area contributed by atoms with E-state index in [9.17, 15) is 4.79 Å². The van der Waals surface area contributed by atoms with Crippen LogP contribution < -0.4 is 5.32 Å². The Morgan fingerprint density at radius 1 is 1.60 bits per heavy atom. The first-order valence-electron chi connectivity index (χ1n) is 5.20. The predicted molar refractivity (Wildman–Crippen MR) is 59.3 cm³/mol. The number of aliphatic carboxylic acids is 1. The minimum absolute atomic E-state index is 0.405. The molecule has 0 radical (unpaired) electrons. The van der Waals surface area contributed by atoms with Gasteiger partial charge < -0.3 is 10.4 Å². The summed E-state index contributed by atoms with van der Waals surface area (Å²) in [5, 5.41) is 12.4. The molecule has 80 valence electrons. The number of hydrogen-bond acceptors (Lipinski definition) is 2.